The van der Waals surface area contributed by atoms with Crippen molar-refractivity contribution in [3.63, 3.8) is 0 Å². The van der Waals surface area contributed by atoms with Gasteiger partial charge in [-0.05, 0) is 45.0 Å². The molecule has 0 radical (unpaired) electrons. The number of carbonyl (C=O) groups is 1. The first-order valence-electron chi connectivity index (χ1n) is 9.87. The summed E-state index contributed by atoms with van der Waals surface area (Å²) >= 11 is 0. The summed E-state index contributed by atoms with van der Waals surface area (Å²) in [7, 11) is 4.22. The minimum atomic E-state index is -0.0315. The predicted molar refractivity (Wildman–Crippen MR) is 106 cm³/mol. The summed E-state index contributed by atoms with van der Waals surface area (Å²) in [4.78, 5) is 22.1. The minimum Gasteiger partial charge on any atom is -0.342 e. The maximum Gasteiger partial charge on any atom is 0.227 e. The molecule has 142 valence electrons. The van der Waals surface area contributed by atoms with Gasteiger partial charge in [0.2, 0.25) is 5.91 Å². The van der Waals surface area contributed by atoms with Gasteiger partial charge in [0.05, 0.1) is 17.0 Å². The molecule has 3 rings (SSSR count). The molecule has 0 N–H and O–H groups in total. The van der Waals surface area contributed by atoms with E-state index in [2.05, 4.69) is 48.4 Å². The molecule has 5 heteroatoms. The molecule has 0 unspecified atom stereocenters. The molecule has 1 saturated heterocycles. The van der Waals surface area contributed by atoms with Crippen LogP contribution in [0.25, 0.3) is 11.0 Å². The van der Waals surface area contributed by atoms with Gasteiger partial charge in [-0.1, -0.05) is 26.0 Å². The summed E-state index contributed by atoms with van der Waals surface area (Å²) < 4.78 is 2.24. The average molecular weight is 357 g/mol. The fraction of sp³-hybridized carbons (Fsp3) is 0.619. The number of imidazole rings is 1. The number of fused-ring (bicyclic) bond motifs is 1. The lowest BCUT2D eigenvalue weighted by Crippen LogP contribution is -2.45. The maximum absolute atomic E-state index is 13.1. The van der Waals surface area contributed by atoms with E-state index in [-0.39, 0.29) is 11.8 Å². The Morgan fingerprint density at radius 2 is 2.12 bits per heavy atom. The molecule has 1 fully saturated rings. The van der Waals surface area contributed by atoms with E-state index in [4.69, 9.17) is 4.98 Å². The molecule has 1 aliphatic heterocycles. The maximum atomic E-state index is 13.1. The topological polar surface area (TPSA) is 41.4 Å². The molecule has 1 aromatic heterocycles. The van der Waals surface area contributed by atoms with Crippen LogP contribution in [0.15, 0.2) is 24.3 Å². The molecule has 2 heterocycles. The Bertz CT molecular complexity index is 752. The zero-order chi connectivity index (χ0) is 18.7. The molecule has 1 amide bonds. The van der Waals surface area contributed by atoms with E-state index in [0.717, 1.165) is 49.3 Å². The molecule has 2 atom stereocenters. The summed E-state index contributed by atoms with van der Waals surface area (Å²) in [5.74, 6) is 1.91. The van der Waals surface area contributed by atoms with Crippen molar-refractivity contribution in [2.75, 3.05) is 33.7 Å². The summed E-state index contributed by atoms with van der Waals surface area (Å²) in [6.45, 7) is 7.75. The van der Waals surface area contributed by atoms with Crippen molar-refractivity contribution >= 4 is 16.9 Å². The highest BCUT2D eigenvalue weighted by Crippen LogP contribution is 2.22. The van der Waals surface area contributed by atoms with Gasteiger partial charge in [0.25, 0.3) is 0 Å². The van der Waals surface area contributed by atoms with E-state index in [1.165, 1.54) is 6.42 Å². The average Bonchev–Trinajstić information content (AvgIpc) is 2.98. The number of likely N-dealkylation sites (tertiary alicyclic amines) is 1. The van der Waals surface area contributed by atoms with Gasteiger partial charge in [-0.3, -0.25) is 4.79 Å². The van der Waals surface area contributed by atoms with Gasteiger partial charge in [-0.15, -0.1) is 0 Å². The largest absolute Gasteiger partial charge is 0.342 e. The third-order valence-corrected chi connectivity index (χ3v) is 5.38. The highest BCUT2D eigenvalue weighted by molar-refractivity contribution is 5.79. The Hall–Kier alpha value is -1.88. The normalized spacial score (nSPS) is 19.3. The van der Waals surface area contributed by atoms with Crippen molar-refractivity contribution in [2.24, 2.45) is 11.8 Å². The van der Waals surface area contributed by atoms with E-state index < -0.39 is 0 Å². The van der Waals surface area contributed by atoms with E-state index in [1.54, 1.807) is 0 Å². The SMILES string of the molecule is CCc1nc2ccccc2n1C[C@H](C)C(=O)N1CCC[C@H](CN(C)C)C1. The number of aromatic nitrogens is 2. The quantitative estimate of drug-likeness (QED) is 0.799. The summed E-state index contributed by atoms with van der Waals surface area (Å²) in [6, 6.07) is 8.22. The fourth-order valence-electron chi connectivity index (χ4n) is 4.19. The summed E-state index contributed by atoms with van der Waals surface area (Å²) in [6.07, 6.45) is 3.22. The first-order valence-corrected chi connectivity index (χ1v) is 9.87. The van der Waals surface area contributed by atoms with Crippen molar-refractivity contribution in [1.29, 1.82) is 0 Å². The minimum absolute atomic E-state index is 0.0315. The van der Waals surface area contributed by atoms with Gasteiger partial charge in [0, 0.05) is 32.6 Å². The molecule has 1 aromatic carbocycles. The monoisotopic (exact) mass is 356 g/mol. The van der Waals surface area contributed by atoms with Crippen LogP contribution >= 0.6 is 0 Å². The fourth-order valence-corrected chi connectivity index (χ4v) is 4.19. The summed E-state index contributed by atoms with van der Waals surface area (Å²) in [5.41, 5.74) is 2.15. The van der Waals surface area contributed by atoms with Crippen molar-refractivity contribution < 1.29 is 4.79 Å². The second kappa shape index (κ2) is 8.21. The third-order valence-electron chi connectivity index (χ3n) is 5.38. The molecule has 1 aliphatic rings. The van der Waals surface area contributed by atoms with Crippen molar-refractivity contribution in [3.8, 4) is 0 Å². The van der Waals surface area contributed by atoms with Gasteiger partial charge in [-0.2, -0.15) is 0 Å². The first-order chi connectivity index (χ1) is 12.5. The second-order valence-electron chi connectivity index (χ2n) is 7.94. The van der Waals surface area contributed by atoms with Gasteiger partial charge < -0.3 is 14.4 Å². The number of carbonyl (C=O) groups excluding carboxylic acids is 1. The first kappa shape index (κ1) is 18.9. The lowest BCUT2D eigenvalue weighted by atomic mass is 9.96. The van der Waals surface area contributed by atoms with Crippen LogP contribution in [0.5, 0.6) is 0 Å². The van der Waals surface area contributed by atoms with Crippen LogP contribution in [0.4, 0.5) is 0 Å². The lowest BCUT2D eigenvalue weighted by Gasteiger charge is -2.35. The van der Waals surface area contributed by atoms with Gasteiger partial charge in [0.1, 0.15) is 5.82 Å². The number of aryl methyl sites for hydroxylation is 1. The smallest absolute Gasteiger partial charge is 0.227 e. The van der Waals surface area contributed by atoms with Crippen LogP contribution in [-0.2, 0) is 17.8 Å². The van der Waals surface area contributed by atoms with Crippen molar-refractivity contribution in [2.45, 2.75) is 39.7 Å². The van der Waals surface area contributed by atoms with E-state index >= 15 is 0 Å². The van der Waals surface area contributed by atoms with Crippen LogP contribution in [0.3, 0.4) is 0 Å². The summed E-state index contributed by atoms with van der Waals surface area (Å²) in [5, 5.41) is 0. The molecular weight excluding hydrogens is 324 g/mol. The van der Waals surface area contributed by atoms with Crippen LogP contribution in [0, 0.1) is 11.8 Å². The Labute approximate surface area is 157 Å². The number of hydrogen-bond donors (Lipinski definition) is 0. The van der Waals surface area contributed by atoms with Gasteiger partial charge >= 0.3 is 0 Å². The Morgan fingerprint density at radius 1 is 1.35 bits per heavy atom. The Kier molecular flexibility index (Phi) is 5.97. The zero-order valence-electron chi connectivity index (χ0n) is 16.6. The molecule has 0 spiro atoms. The molecule has 0 bridgehead atoms. The van der Waals surface area contributed by atoms with Crippen LogP contribution in [0.2, 0.25) is 0 Å². The molecular formula is C21H32N4O. The molecule has 2 aromatic rings. The Balaban J connectivity index is 1.71. The van der Waals surface area contributed by atoms with Crippen molar-refractivity contribution in [3.05, 3.63) is 30.1 Å². The van der Waals surface area contributed by atoms with Gasteiger partial charge in [0.15, 0.2) is 0 Å². The highest BCUT2D eigenvalue weighted by atomic mass is 16.2. The van der Waals surface area contributed by atoms with E-state index in [0.29, 0.717) is 12.5 Å². The number of piperidine rings is 1. The van der Waals surface area contributed by atoms with Crippen LogP contribution < -0.4 is 0 Å². The molecule has 5 nitrogen and oxygen atoms in total. The number of benzene rings is 1. The zero-order valence-corrected chi connectivity index (χ0v) is 16.6. The number of rotatable bonds is 6. The standard InChI is InChI=1S/C21H32N4O/c1-5-20-22-18-10-6-7-11-19(18)25(20)13-16(2)21(26)24-12-8-9-17(15-24)14-23(3)4/h6-7,10-11,16-17H,5,8-9,12-15H2,1-4H3/t16-,17+/m0/s1. The lowest BCUT2D eigenvalue weighted by molar-refractivity contribution is -0.137. The third kappa shape index (κ3) is 4.09. The van der Waals surface area contributed by atoms with Crippen LogP contribution in [-0.4, -0.2) is 59.0 Å². The van der Waals surface area contributed by atoms with Crippen LogP contribution in [0.1, 0.15) is 32.5 Å². The number of hydrogen-bond acceptors (Lipinski definition) is 3. The number of nitrogens with zero attached hydrogens (tertiary/aromatic N) is 4. The van der Waals surface area contributed by atoms with E-state index in [9.17, 15) is 4.79 Å². The van der Waals surface area contributed by atoms with Gasteiger partial charge in [-0.25, -0.2) is 4.98 Å². The molecule has 0 aliphatic carbocycles. The molecule has 26 heavy (non-hydrogen) atoms. The number of amides is 1. The van der Waals surface area contributed by atoms with E-state index in [1.807, 2.05) is 18.2 Å². The predicted octanol–water partition coefficient (Wildman–Crippen LogP) is 3.04. The Morgan fingerprint density at radius 3 is 2.85 bits per heavy atom. The highest BCUT2D eigenvalue weighted by Gasteiger charge is 2.27. The second-order valence-corrected chi connectivity index (χ2v) is 7.94. The number of para-hydroxylation sites is 2. The molecule has 0 saturated carbocycles. The van der Waals surface area contributed by atoms with Crippen molar-refractivity contribution in [1.82, 2.24) is 19.4 Å².